The van der Waals surface area contributed by atoms with Crippen LogP contribution < -0.4 is 0 Å². The van der Waals surface area contributed by atoms with Crippen LogP contribution in [0.3, 0.4) is 0 Å². The largest absolute Gasteiger partial charge is 0.339 e. The van der Waals surface area contributed by atoms with Crippen molar-refractivity contribution in [2.24, 2.45) is 0 Å². The minimum atomic E-state index is 0.607. The molecule has 3 nitrogen and oxygen atoms in total. The molecular formula is C11H10BrClN2O. The first kappa shape index (κ1) is 11.6. The van der Waals surface area contributed by atoms with E-state index < -0.39 is 0 Å². The maximum atomic E-state index is 5.60. The van der Waals surface area contributed by atoms with E-state index in [1.807, 2.05) is 24.3 Å². The van der Waals surface area contributed by atoms with Crippen molar-refractivity contribution in [2.45, 2.75) is 12.8 Å². The third-order valence-electron chi connectivity index (χ3n) is 2.09. The molecule has 1 aromatic carbocycles. The first-order chi connectivity index (χ1) is 7.79. The van der Waals surface area contributed by atoms with Crippen LogP contribution in [0.5, 0.6) is 0 Å². The Bertz CT molecular complexity index is 455. The lowest BCUT2D eigenvalue weighted by atomic mass is 10.2. The highest BCUT2D eigenvalue weighted by molar-refractivity contribution is 9.10. The van der Waals surface area contributed by atoms with Gasteiger partial charge in [-0.15, -0.1) is 11.6 Å². The van der Waals surface area contributed by atoms with E-state index in [4.69, 9.17) is 16.1 Å². The summed E-state index contributed by atoms with van der Waals surface area (Å²) < 4.78 is 6.15. The minimum Gasteiger partial charge on any atom is -0.339 e. The maximum absolute atomic E-state index is 5.60. The molecule has 16 heavy (non-hydrogen) atoms. The highest BCUT2D eigenvalue weighted by atomic mass is 79.9. The molecule has 0 radical (unpaired) electrons. The van der Waals surface area contributed by atoms with Crippen LogP contribution in [0.15, 0.2) is 33.3 Å². The standard InChI is InChI=1S/C11H10BrClN2O/c12-9-5-3-8(4-6-9)11-14-10(16-15-11)2-1-7-13/h3-6H,1-2,7H2. The summed E-state index contributed by atoms with van der Waals surface area (Å²) in [7, 11) is 0. The summed E-state index contributed by atoms with van der Waals surface area (Å²) >= 11 is 8.98. The smallest absolute Gasteiger partial charge is 0.227 e. The van der Waals surface area contributed by atoms with Crippen LogP contribution in [0.4, 0.5) is 0 Å². The molecule has 0 bridgehead atoms. The van der Waals surface area contributed by atoms with Crippen molar-refractivity contribution in [1.29, 1.82) is 0 Å². The SMILES string of the molecule is ClCCCc1nc(-c2ccc(Br)cc2)no1. The first-order valence-electron chi connectivity index (χ1n) is 4.94. The Kier molecular flexibility index (Phi) is 3.96. The summed E-state index contributed by atoms with van der Waals surface area (Å²) in [4.78, 5) is 4.30. The van der Waals surface area contributed by atoms with E-state index in [1.165, 1.54) is 0 Å². The lowest BCUT2D eigenvalue weighted by Crippen LogP contribution is -1.86. The highest BCUT2D eigenvalue weighted by Gasteiger charge is 2.07. The Morgan fingerprint density at radius 1 is 1.25 bits per heavy atom. The second kappa shape index (κ2) is 5.46. The number of aromatic nitrogens is 2. The van der Waals surface area contributed by atoms with Gasteiger partial charge in [-0.25, -0.2) is 0 Å². The van der Waals surface area contributed by atoms with E-state index in [2.05, 4.69) is 26.1 Å². The fourth-order valence-corrected chi connectivity index (χ4v) is 1.69. The third kappa shape index (κ3) is 2.83. The summed E-state index contributed by atoms with van der Waals surface area (Å²) in [6, 6.07) is 7.79. The Balaban J connectivity index is 2.15. The molecule has 1 aromatic heterocycles. The molecule has 0 aliphatic heterocycles. The van der Waals surface area contributed by atoms with E-state index in [0.29, 0.717) is 17.6 Å². The zero-order valence-corrected chi connectivity index (χ0v) is 10.8. The molecule has 5 heteroatoms. The Morgan fingerprint density at radius 3 is 2.69 bits per heavy atom. The van der Waals surface area contributed by atoms with Gasteiger partial charge in [0.1, 0.15) is 0 Å². The predicted octanol–water partition coefficient (Wildman–Crippen LogP) is 3.67. The Hall–Kier alpha value is -0.870. The zero-order chi connectivity index (χ0) is 11.4. The lowest BCUT2D eigenvalue weighted by molar-refractivity contribution is 0.378. The van der Waals surface area contributed by atoms with Crippen LogP contribution in [0.2, 0.25) is 0 Å². The van der Waals surface area contributed by atoms with E-state index in [-0.39, 0.29) is 0 Å². The van der Waals surface area contributed by atoms with Crippen LogP contribution in [0.1, 0.15) is 12.3 Å². The van der Waals surface area contributed by atoms with Gasteiger partial charge in [-0.1, -0.05) is 21.1 Å². The molecule has 0 aliphatic rings. The molecule has 0 amide bonds. The fourth-order valence-electron chi connectivity index (χ4n) is 1.29. The molecule has 0 saturated carbocycles. The Morgan fingerprint density at radius 2 is 2.00 bits per heavy atom. The average Bonchev–Trinajstić information content (AvgIpc) is 2.76. The molecule has 0 N–H and O–H groups in total. The molecule has 0 unspecified atom stereocenters. The molecule has 84 valence electrons. The van der Waals surface area contributed by atoms with Gasteiger partial charge in [0.15, 0.2) is 0 Å². The van der Waals surface area contributed by atoms with Gasteiger partial charge in [0.25, 0.3) is 0 Å². The normalized spacial score (nSPS) is 10.6. The van der Waals surface area contributed by atoms with Gasteiger partial charge in [0, 0.05) is 22.3 Å². The highest BCUT2D eigenvalue weighted by Crippen LogP contribution is 2.19. The zero-order valence-electron chi connectivity index (χ0n) is 8.49. The van der Waals surface area contributed by atoms with Crippen molar-refractivity contribution in [2.75, 3.05) is 5.88 Å². The van der Waals surface area contributed by atoms with E-state index >= 15 is 0 Å². The van der Waals surface area contributed by atoms with Crippen molar-refractivity contribution in [1.82, 2.24) is 10.1 Å². The summed E-state index contributed by atoms with van der Waals surface area (Å²) in [5, 5.41) is 3.92. The van der Waals surface area contributed by atoms with Crippen molar-refractivity contribution < 1.29 is 4.52 Å². The first-order valence-corrected chi connectivity index (χ1v) is 6.27. The van der Waals surface area contributed by atoms with Crippen LogP contribution in [-0.4, -0.2) is 16.0 Å². The van der Waals surface area contributed by atoms with Crippen molar-refractivity contribution >= 4 is 27.5 Å². The van der Waals surface area contributed by atoms with Crippen molar-refractivity contribution in [3.05, 3.63) is 34.6 Å². The second-order valence-corrected chi connectivity index (χ2v) is 4.60. The predicted molar refractivity (Wildman–Crippen MR) is 66.5 cm³/mol. The number of rotatable bonds is 4. The molecule has 1 heterocycles. The van der Waals surface area contributed by atoms with Gasteiger partial charge in [0.05, 0.1) is 0 Å². The number of benzene rings is 1. The molecule has 0 fully saturated rings. The van der Waals surface area contributed by atoms with E-state index in [1.54, 1.807) is 0 Å². The molecule has 2 rings (SSSR count). The summed E-state index contributed by atoms with van der Waals surface area (Å²) in [6.07, 6.45) is 1.58. The Labute approximate surface area is 107 Å². The van der Waals surface area contributed by atoms with Crippen LogP contribution in [0, 0.1) is 0 Å². The van der Waals surface area contributed by atoms with Gasteiger partial charge >= 0.3 is 0 Å². The fraction of sp³-hybridized carbons (Fsp3) is 0.273. The molecule has 2 aromatic rings. The summed E-state index contributed by atoms with van der Waals surface area (Å²) in [5.74, 6) is 1.87. The average molecular weight is 302 g/mol. The van der Waals surface area contributed by atoms with Gasteiger partial charge in [-0.05, 0) is 30.7 Å². The molecule has 0 spiro atoms. The maximum Gasteiger partial charge on any atom is 0.227 e. The molecule has 0 saturated heterocycles. The number of hydrogen-bond acceptors (Lipinski definition) is 3. The monoisotopic (exact) mass is 300 g/mol. The van der Waals surface area contributed by atoms with Gasteiger partial charge < -0.3 is 4.52 Å². The topological polar surface area (TPSA) is 38.9 Å². The van der Waals surface area contributed by atoms with Gasteiger partial charge in [-0.2, -0.15) is 4.98 Å². The van der Waals surface area contributed by atoms with E-state index in [9.17, 15) is 0 Å². The van der Waals surface area contributed by atoms with Crippen molar-refractivity contribution in [3.63, 3.8) is 0 Å². The van der Waals surface area contributed by atoms with Gasteiger partial charge in [-0.3, -0.25) is 0 Å². The number of aryl methyl sites for hydroxylation is 1. The summed E-state index contributed by atoms with van der Waals surface area (Å²) in [5.41, 5.74) is 0.948. The quantitative estimate of drug-likeness (QED) is 0.809. The number of alkyl halides is 1. The van der Waals surface area contributed by atoms with Crippen LogP contribution >= 0.6 is 27.5 Å². The summed E-state index contributed by atoms with van der Waals surface area (Å²) in [6.45, 7) is 0. The molecule has 0 aliphatic carbocycles. The number of halogens is 2. The minimum absolute atomic E-state index is 0.607. The second-order valence-electron chi connectivity index (χ2n) is 3.31. The third-order valence-corrected chi connectivity index (χ3v) is 2.89. The van der Waals surface area contributed by atoms with E-state index in [0.717, 1.165) is 22.9 Å². The van der Waals surface area contributed by atoms with Crippen LogP contribution in [-0.2, 0) is 6.42 Å². The number of nitrogens with zero attached hydrogens (tertiary/aromatic N) is 2. The van der Waals surface area contributed by atoms with Gasteiger partial charge in [0.2, 0.25) is 11.7 Å². The van der Waals surface area contributed by atoms with Crippen molar-refractivity contribution in [3.8, 4) is 11.4 Å². The molecule has 0 atom stereocenters. The lowest BCUT2D eigenvalue weighted by Gasteiger charge is -1.93. The van der Waals surface area contributed by atoms with Crippen LogP contribution in [0.25, 0.3) is 11.4 Å². The molecular weight excluding hydrogens is 291 g/mol. The number of hydrogen-bond donors (Lipinski definition) is 0.